The number of aliphatic hydroxyl groups excluding tert-OH is 1. The third-order valence-electron chi connectivity index (χ3n) is 3.96. The summed E-state index contributed by atoms with van der Waals surface area (Å²) in [5.41, 5.74) is 0.101. The fraction of sp³-hybridized carbons (Fsp3) is 0.500. The number of carbonyl (C=O) groups is 2. The van der Waals surface area contributed by atoms with Gasteiger partial charge in [-0.25, -0.2) is 4.79 Å². The maximum atomic E-state index is 12.5. The molecular formula is C16H21NO4S. The van der Waals surface area contributed by atoms with E-state index in [1.54, 1.807) is 19.1 Å². The molecular weight excluding hydrogens is 302 g/mol. The predicted molar refractivity (Wildman–Crippen MR) is 86.0 cm³/mol. The number of fused-ring (bicyclic) bond motifs is 1. The van der Waals surface area contributed by atoms with Crippen LogP contribution in [0.3, 0.4) is 0 Å². The van der Waals surface area contributed by atoms with Crippen molar-refractivity contribution in [3.63, 3.8) is 0 Å². The first-order chi connectivity index (χ1) is 10.4. The highest BCUT2D eigenvalue weighted by molar-refractivity contribution is 7.99. The summed E-state index contributed by atoms with van der Waals surface area (Å²) in [6, 6.07) is 6.93. The van der Waals surface area contributed by atoms with E-state index in [1.165, 1.54) is 11.8 Å². The largest absolute Gasteiger partial charge is 0.445 e. The van der Waals surface area contributed by atoms with Crippen molar-refractivity contribution in [3.8, 4) is 0 Å². The van der Waals surface area contributed by atoms with Crippen LogP contribution in [0.2, 0.25) is 0 Å². The normalized spacial score (nSPS) is 23.2. The van der Waals surface area contributed by atoms with Gasteiger partial charge < -0.3 is 15.2 Å². The topological polar surface area (TPSA) is 75.6 Å². The smallest absolute Gasteiger partial charge is 0.339 e. The highest BCUT2D eigenvalue weighted by Crippen LogP contribution is 2.28. The van der Waals surface area contributed by atoms with Crippen LogP contribution in [-0.4, -0.2) is 46.7 Å². The van der Waals surface area contributed by atoms with Crippen LogP contribution in [0, 0.1) is 0 Å². The van der Waals surface area contributed by atoms with Crippen molar-refractivity contribution in [1.82, 2.24) is 5.32 Å². The van der Waals surface area contributed by atoms with Gasteiger partial charge in [0.05, 0.1) is 12.2 Å². The Hall–Kier alpha value is -1.53. The fourth-order valence-corrected chi connectivity index (χ4v) is 3.17. The number of hydrogen-bond donors (Lipinski definition) is 2. The van der Waals surface area contributed by atoms with Gasteiger partial charge in [-0.3, -0.25) is 4.79 Å². The predicted octanol–water partition coefficient (Wildman–Crippen LogP) is 1.39. The fourth-order valence-electron chi connectivity index (χ4n) is 2.55. The van der Waals surface area contributed by atoms with Crippen LogP contribution in [0.15, 0.2) is 24.3 Å². The van der Waals surface area contributed by atoms with E-state index in [2.05, 4.69) is 5.32 Å². The molecule has 1 aliphatic rings. The van der Waals surface area contributed by atoms with Crippen LogP contribution in [-0.2, 0) is 16.0 Å². The van der Waals surface area contributed by atoms with E-state index >= 15 is 0 Å². The highest BCUT2D eigenvalue weighted by atomic mass is 32.2. The lowest BCUT2D eigenvalue weighted by atomic mass is 9.89. The molecule has 1 aromatic carbocycles. The van der Waals surface area contributed by atoms with Gasteiger partial charge in [-0.2, -0.15) is 11.8 Å². The van der Waals surface area contributed by atoms with Gasteiger partial charge >= 0.3 is 5.97 Å². The highest BCUT2D eigenvalue weighted by Gasteiger charge is 2.43. The number of aliphatic hydroxyl groups is 1. The number of amides is 1. The Morgan fingerprint density at radius 2 is 2.18 bits per heavy atom. The van der Waals surface area contributed by atoms with Crippen molar-refractivity contribution in [2.75, 3.05) is 12.9 Å². The van der Waals surface area contributed by atoms with Crippen LogP contribution >= 0.6 is 11.8 Å². The van der Waals surface area contributed by atoms with Crippen LogP contribution in [0.5, 0.6) is 0 Å². The van der Waals surface area contributed by atoms with Crippen molar-refractivity contribution in [3.05, 3.63) is 35.4 Å². The van der Waals surface area contributed by atoms with Crippen molar-refractivity contribution in [2.24, 2.45) is 0 Å². The summed E-state index contributed by atoms with van der Waals surface area (Å²) in [4.78, 5) is 24.6. The molecule has 1 heterocycles. The van der Waals surface area contributed by atoms with Crippen molar-refractivity contribution < 1.29 is 19.4 Å². The van der Waals surface area contributed by atoms with E-state index < -0.39 is 11.6 Å². The summed E-state index contributed by atoms with van der Waals surface area (Å²) in [5, 5.41) is 12.0. The van der Waals surface area contributed by atoms with E-state index in [0.29, 0.717) is 12.0 Å². The van der Waals surface area contributed by atoms with E-state index in [1.807, 2.05) is 25.3 Å². The third kappa shape index (κ3) is 3.28. The average molecular weight is 323 g/mol. The molecule has 5 nitrogen and oxygen atoms in total. The number of thioether (sulfide) groups is 1. The monoisotopic (exact) mass is 323 g/mol. The number of carbonyl (C=O) groups excluding carboxylic acids is 2. The molecule has 0 aliphatic carbocycles. The number of cyclic esters (lactones) is 1. The molecule has 2 rings (SSSR count). The average Bonchev–Trinajstić information content (AvgIpc) is 2.48. The zero-order valence-corrected chi connectivity index (χ0v) is 13.8. The molecule has 2 N–H and O–H groups in total. The van der Waals surface area contributed by atoms with Gasteiger partial charge in [0.2, 0.25) is 0 Å². The van der Waals surface area contributed by atoms with Crippen LogP contribution in [0.1, 0.15) is 29.8 Å². The first-order valence-electron chi connectivity index (χ1n) is 7.17. The lowest BCUT2D eigenvalue weighted by molar-refractivity contribution is -0.140. The molecule has 1 amide bonds. The quantitative estimate of drug-likeness (QED) is 0.801. The zero-order chi connectivity index (χ0) is 16.3. The van der Waals surface area contributed by atoms with Crippen molar-refractivity contribution in [1.29, 1.82) is 0 Å². The summed E-state index contributed by atoms with van der Waals surface area (Å²) in [5.74, 6) is -0.814. The summed E-state index contributed by atoms with van der Waals surface area (Å²) in [6.07, 6.45) is 2.22. The zero-order valence-electron chi connectivity index (χ0n) is 13.0. The molecule has 0 unspecified atom stereocenters. The van der Waals surface area contributed by atoms with Crippen molar-refractivity contribution in [2.45, 2.75) is 37.2 Å². The first kappa shape index (κ1) is 16.8. The van der Waals surface area contributed by atoms with Gasteiger partial charge in [-0.05, 0) is 31.7 Å². The van der Waals surface area contributed by atoms with E-state index in [0.717, 1.165) is 5.56 Å². The number of nitrogens with one attached hydrogen (secondary N) is 1. The van der Waals surface area contributed by atoms with Gasteiger partial charge in [-0.1, -0.05) is 18.2 Å². The third-order valence-corrected chi connectivity index (χ3v) is 5.13. The van der Waals surface area contributed by atoms with E-state index in [4.69, 9.17) is 4.74 Å². The van der Waals surface area contributed by atoms with E-state index in [-0.39, 0.29) is 23.8 Å². The summed E-state index contributed by atoms with van der Waals surface area (Å²) >= 11 is 1.48. The Bertz CT molecular complexity index is 573. The minimum absolute atomic E-state index is 0.0258. The Kier molecular flexibility index (Phi) is 5.13. The van der Waals surface area contributed by atoms with Gasteiger partial charge in [0.25, 0.3) is 5.91 Å². The van der Waals surface area contributed by atoms with E-state index in [9.17, 15) is 14.7 Å². The molecule has 6 heteroatoms. The van der Waals surface area contributed by atoms with Crippen LogP contribution in [0.25, 0.3) is 0 Å². The summed E-state index contributed by atoms with van der Waals surface area (Å²) in [7, 11) is 0. The van der Waals surface area contributed by atoms with Gasteiger partial charge in [-0.15, -0.1) is 0 Å². The number of hydrogen-bond acceptors (Lipinski definition) is 5. The Balaban J connectivity index is 2.15. The number of rotatable bonds is 5. The van der Waals surface area contributed by atoms with Gasteiger partial charge in [0.15, 0.2) is 5.60 Å². The molecule has 1 aliphatic heterocycles. The lowest BCUT2D eigenvalue weighted by Gasteiger charge is -2.34. The Labute approximate surface area is 134 Å². The SMILES string of the molecule is CS[C@H](CO)[C@@H](C)NC(=O)[C@]1(C)Cc2ccccc2C(=O)O1. The minimum atomic E-state index is -1.22. The molecule has 22 heavy (non-hydrogen) atoms. The standard InChI is InChI=1S/C16H21NO4S/c1-10(13(9-18)22-3)17-15(20)16(2)8-11-6-4-5-7-12(11)14(19)21-16/h4-7,10,13,18H,8-9H2,1-3H3,(H,17,20)/t10-,13-,16+/m1/s1. The molecule has 0 saturated carbocycles. The van der Waals surface area contributed by atoms with Gasteiger partial charge in [0, 0.05) is 17.7 Å². The van der Waals surface area contributed by atoms with Crippen LogP contribution < -0.4 is 5.32 Å². The molecule has 0 fully saturated rings. The molecule has 0 saturated heterocycles. The molecule has 1 aromatic rings. The second-order valence-electron chi connectivity index (χ2n) is 5.67. The van der Waals surface area contributed by atoms with Crippen molar-refractivity contribution >= 4 is 23.6 Å². The summed E-state index contributed by atoms with van der Waals surface area (Å²) in [6.45, 7) is 3.43. The minimum Gasteiger partial charge on any atom is -0.445 e. The number of benzene rings is 1. The summed E-state index contributed by atoms with van der Waals surface area (Å²) < 4.78 is 5.39. The molecule has 3 atom stereocenters. The lowest BCUT2D eigenvalue weighted by Crippen LogP contribution is -2.55. The second kappa shape index (κ2) is 6.71. The van der Waals surface area contributed by atoms with Crippen LogP contribution in [0.4, 0.5) is 0 Å². The molecule has 0 bridgehead atoms. The van der Waals surface area contributed by atoms with Gasteiger partial charge in [0.1, 0.15) is 0 Å². The molecule has 120 valence electrons. The molecule has 0 spiro atoms. The first-order valence-corrected chi connectivity index (χ1v) is 8.46. The molecule has 0 aromatic heterocycles. The second-order valence-corrected chi connectivity index (χ2v) is 6.75. The Morgan fingerprint density at radius 1 is 1.50 bits per heavy atom. The maximum Gasteiger partial charge on any atom is 0.339 e. The number of esters is 1. The maximum absolute atomic E-state index is 12.5. The number of ether oxygens (including phenoxy) is 1. The Morgan fingerprint density at radius 3 is 2.82 bits per heavy atom. The molecule has 0 radical (unpaired) electrons.